The quantitative estimate of drug-likeness (QED) is 0.119. The lowest BCUT2D eigenvalue weighted by atomic mass is 9.87. The van der Waals surface area contributed by atoms with Crippen LogP contribution in [0.2, 0.25) is 0 Å². The molecule has 2 aromatic heterocycles. The van der Waals surface area contributed by atoms with E-state index in [4.69, 9.17) is 0 Å². The SMILES string of the molecule is CC(C)(C)c1ccc2sc3cc4c(=O)n(OS(=O)(=O)c5c(F)c(F)c(F)c(F)c5F)c(=O)c4cc3sc2c1. The van der Waals surface area contributed by atoms with Gasteiger partial charge in [0.05, 0.1) is 10.8 Å². The standard InChI is InChI=1S/C24H14F5NO5S3/c1-24(2,3)9-4-5-12-13(6-9)37-15-8-11-10(7-14(15)36-12)22(31)30(23(11)32)35-38(33,34)21-19(28)17(26)16(25)18(27)20(21)29/h4-8H,1-3H3. The number of halogens is 5. The van der Waals surface area contributed by atoms with E-state index in [-0.39, 0.29) is 20.9 Å². The van der Waals surface area contributed by atoms with Crippen molar-refractivity contribution in [3.05, 3.63) is 85.7 Å². The van der Waals surface area contributed by atoms with Gasteiger partial charge in [0.2, 0.25) is 5.82 Å². The Balaban J connectivity index is 1.69. The molecular formula is C24H14F5NO5S3. The summed E-state index contributed by atoms with van der Waals surface area (Å²) in [6.07, 6.45) is 0. The predicted octanol–water partition coefficient (Wildman–Crippen LogP) is 5.60. The van der Waals surface area contributed by atoms with Gasteiger partial charge >= 0.3 is 10.1 Å². The number of rotatable bonds is 3. The third-order valence-corrected chi connectivity index (χ3v) is 9.47. The zero-order valence-corrected chi connectivity index (χ0v) is 21.9. The monoisotopic (exact) mass is 587 g/mol. The molecule has 0 aliphatic heterocycles. The Morgan fingerprint density at radius 3 is 1.66 bits per heavy atom. The van der Waals surface area contributed by atoms with E-state index in [1.165, 1.54) is 34.8 Å². The van der Waals surface area contributed by atoms with Gasteiger partial charge < -0.3 is 0 Å². The predicted molar refractivity (Wildman–Crippen MR) is 134 cm³/mol. The first kappa shape index (κ1) is 26.3. The van der Waals surface area contributed by atoms with Crippen molar-refractivity contribution in [1.29, 1.82) is 0 Å². The molecule has 0 fully saturated rings. The second-order valence-electron chi connectivity index (χ2n) is 9.29. The van der Waals surface area contributed by atoms with E-state index >= 15 is 0 Å². The van der Waals surface area contributed by atoms with Crippen molar-refractivity contribution in [1.82, 2.24) is 4.73 Å². The summed E-state index contributed by atoms with van der Waals surface area (Å²) in [7, 11) is -5.85. The Bertz CT molecular complexity index is 2030. The van der Waals surface area contributed by atoms with E-state index in [0.717, 1.165) is 15.0 Å². The minimum Gasteiger partial charge on any atom is -0.277 e. The number of fused-ring (bicyclic) bond motifs is 3. The van der Waals surface area contributed by atoms with Crippen LogP contribution < -0.4 is 15.4 Å². The number of hydrogen-bond acceptors (Lipinski definition) is 7. The number of nitrogens with zero attached hydrogens (tertiary/aromatic N) is 1. The van der Waals surface area contributed by atoms with Crippen LogP contribution in [0.15, 0.2) is 44.8 Å². The number of benzene rings is 3. The lowest BCUT2D eigenvalue weighted by Gasteiger charge is -2.19. The summed E-state index contributed by atoms with van der Waals surface area (Å²) in [6, 6.07) is 8.59. The molecule has 0 saturated heterocycles. The molecule has 0 spiro atoms. The van der Waals surface area contributed by atoms with Crippen LogP contribution in [0.1, 0.15) is 26.3 Å². The van der Waals surface area contributed by atoms with Gasteiger partial charge in [0, 0.05) is 18.8 Å². The Morgan fingerprint density at radius 2 is 1.16 bits per heavy atom. The minimum atomic E-state index is -5.85. The molecule has 38 heavy (non-hydrogen) atoms. The van der Waals surface area contributed by atoms with E-state index in [1.54, 1.807) is 0 Å². The van der Waals surface area contributed by atoms with Crippen molar-refractivity contribution in [2.75, 3.05) is 0 Å². The lowest BCUT2D eigenvalue weighted by Crippen LogP contribution is -2.36. The van der Waals surface area contributed by atoms with Gasteiger partial charge in [-0.25, -0.2) is 22.0 Å². The van der Waals surface area contributed by atoms with Gasteiger partial charge in [-0.15, -0.1) is 22.7 Å². The maximum atomic E-state index is 14.1. The highest BCUT2D eigenvalue weighted by Crippen LogP contribution is 2.37. The van der Waals surface area contributed by atoms with E-state index in [0.29, 0.717) is 9.40 Å². The molecule has 198 valence electrons. The first-order chi connectivity index (χ1) is 17.6. The highest BCUT2D eigenvalue weighted by atomic mass is 32.2. The summed E-state index contributed by atoms with van der Waals surface area (Å²) in [5, 5.41) is -0.519. The van der Waals surface area contributed by atoms with Gasteiger partial charge in [-0.2, -0.15) is 8.42 Å². The molecule has 0 amide bonds. The van der Waals surface area contributed by atoms with Crippen molar-refractivity contribution >= 4 is 62.4 Å². The van der Waals surface area contributed by atoms with E-state index < -0.39 is 55.2 Å². The second kappa shape index (κ2) is 8.58. The first-order valence-electron chi connectivity index (χ1n) is 10.6. The van der Waals surface area contributed by atoms with Crippen molar-refractivity contribution in [3.8, 4) is 0 Å². The zero-order chi connectivity index (χ0) is 27.9. The summed E-state index contributed by atoms with van der Waals surface area (Å²) in [6.45, 7) is 6.15. The average Bonchev–Trinajstić information content (AvgIpc) is 3.06. The van der Waals surface area contributed by atoms with E-state index in [1.807, 2.05) is 18.2 Å². The van der Waals surface area contributed by atoms with Gasteiger partial charge in [-0.05, 0) is 35.2 Å². The fraction of sp³-hybridized carbons (Fsp3) is 0.167. The molecule has 0 radical (unpaired) electrons. The molecule has 14 heteroatoms. The molecule has 6 nitrogen and oxygen atoms in total. The highest BCUT2D eigenvalue weighted by Gasteiger charge is 2.36. The highest BCUT2D eigenvalue weighted by molar-refractivity contribution is 7.87. The number of hydrogen-bond donors (Lipinski definition) is 0. The molecule has 0 N–H and O–H groups in total. The van der Waals surface area contributed by atoms with Gasteiger partial charge in [-0.3, -0.25) is 13.9 Å². The van der Waals surface area contributed by atoms with Crippen molar-refractivity contribution < 1.29 is 34.7 Å². The average molecular weight is 588 g/mol. The van der Waals surface area contributed by atoms with Crippen LogP contribution in [-0.2, 0) is 15.5 Å². The maximum Gasteiger partial charge on any atom is 0.363 e. The van der Waals surface area contributed by atoms with E-state index in [2.05, 4.69) is 25.1 Å². The molecule has 0 bridgehead atoms. The van der Waals surface area contributed by atoms with Crippen LogP contribution in [0, 0.1) is 29.1 Å². The maximum absolute atomic E-state index is 14.1. The Kier molecular flexibility index (Phi) is 5.93. The third kappa shape index (κ3) is 3.98. The van der Waals surface area contributed by atoms with Crippen LogP contribution in [-0.4, -0.2) is 13.1 Å². The Labute approximate surface area is 218 Å². The third-order valence-electron chi connectivity index (χ3n) is 5.76. The molecule has 5 aromatic rings. The molecule has 2 heterocycles. The Hall–Kier alpha value is -3.36. The Morgan fingerprint density at radius 1 is 0.711 bits per heavy atom. The summed E-state index contributed by atoms with van der Waals surface area (Å²) in [5.74, 6) is -13.1. The van der Waals surface area contributed by atoms with Crippen LogP contribution in [0.25, 0.3) is 29.6 Å². The normalized spacial score (nSPS) is 12.6. The lowest BCUT2D eigenvalue weighted by molar-refractivity contribution is 0.257. The smallest absolute Gasteiger partial charge is 0.277 e. The van der Waals surface area contributed by atoms with E-state index in [9.17, 15) is 40.0 Å². The number of aromatic nitrogens is 1. The van der Waals surface area contributed by atoms with Gasteiger partial charge in [0.15, 0.2) is 28.2 Å². The summed E-state index contributed by atoms with van der Waals surface area (Å²) in [4.78, 5) is 23.4. The topological polar surface area (TPSA) is 82.4 Å². The molecule has 0 atom stereocenters. The minimum absolute atomic E-state index is 0.126. The molecule has 0 unspecified atom stereocenters. The summed E-state index contributed by atoms with van der Waals surface area (Å²) >= 11 is 2.63. The second-order valence-corrected chi connectivity index (χ2v) is 12.9. The van der Waals surface area contributed by atoms with Gasteiger partial charge in [0.1, 0.15) is 0 Å². The van der Waals surface area contributed by atoms with Crippen LogP contribution in [0.4, 0.5) is 22.0 Å². The fourth-order valence-electron chi connectivity index (χ4n) is 3.77. The molecule has 0 aliphatic rings. The van der Waals surface area contributed by atoms with Crippen LogP contribution >= 0.6 is 22.7 Å². The van der Waals surface area contributed by atoms with Gasteiger partial charge in [-0.1, -0.05) is 31.6 Å². The first-order valence-corrected chi connectivity index (χ1v) is 13.7. The molecule has 3 aromatic carbocycles. The van der Waals surface area contributed by atoms with Crippen molar-refractivity contribution in [3.63, 3.8) is 0 Å². The van der Waals surface area contributed by atoms with Crippen LogP contribution in [0.5, 0.6) is 0 Å². The summed E-state index contributed by atoms with van der Waals surface area (Å²) in [5.41, 5.74) is -1.64. The summed E-state index contributed by atoms with van der Waals surface area (Å²) < 4.78 is 101. The van der Waals surface area contributed by atoms with Crippen LogP contribution in [0.3, 0.4) is 0 Å². The van der Waals surface area contributed by atoms with Crippen molar-refractivity contribution in [2.45, 2.75) is 31.1 Å². The van der Waals surface area contributed by atoms with Crippen molar-refractivity contribution in [2.24, 2.45) is 0 Å². The zero-order valence-electron chi connectivity index (χ0n) is 19.5. The molecular weight excluding hydrogens is 573 g/mol. The fourth-order valence-corrected chi connectivity index (χ4v) is 7.09. The molecule has 0 saturated carbocycles. The molecule has 5 rings (SSSR count). The van der Waals surface area contributed by atoms with Gasteiger partial charge in [0.25, 0.3) is 11.1 Å². The largest absolute Gasteiger partial charge is 0.363 e. The molecule has 0 aliphatic carbocycles.